The van der Waals surface area contributed by atoms with Crippen LogP contribution in [0.5, 0.6) is 0 Å². The van der Waals surface area contributed by atoms with Crippen molar-refractivity contribution in [3.05, 3.63) is 0 Å². The minimum atomic E-state index is 1.24. The van der Waals surface area contributed by atoms with Crippen LogP contribution in [0.1, 0.15) is 117 Å². The first kappa shape index (κ1) is 26.2. The predicted molar refractivity (Wildman–Crippen MR) is 111 cm³/mol. The molecule has 0 saturated carbocycles. The van der Waals surface area contributed by atoms with Gasteiger partial charge in [-0.25, -0.2) is 0 Å². The van der Waals surface area contributed by atoms with Gasteiger partial charge in [-0.3, -0.25) is 0 Å². The van der Waals surface area contributed by atoms with Gasteiger partial charge in [0.25, 0.3) is 0 Å². The molecule has 0 radical (unpaired) electrons. The molecule has 0 aliphatic carbocycles. The Balaban J connectivity index is 0. The Morgan fingerprint density at radius 1 is 0.458 bits per heavy atom. The van der Waals surface area contributed by atoms with E-state index in [4.69, 9.17) is 0 Å². The molecule has 1 N–H and O–H groups in total. The summed E-state index contributed by atoms with van der Waals surface area (Å²) in [5.41, 5.74) is 0. The highest BCUT2D eigenvalue weighted by atomic mass is 16.4. The molecule has 0 unspecified atom stereocenters. The average Bonchev–Trinajstić information content (AvgIpc) is 2.58. The van der Waals surface area contributed by atoms with Crippen molar-refractivity contribution < 1.29 is 4.74 Å². The fraction of sp³-hybridized carbons (Fsp3) is 1.00. The number of hydrogen-bond donors (Lipinski definition) is 1. The van der Waals surface area contributed by atoms with Gasteiger partial charge < -0.3 is 10.1 Å². The summed E-state index contributed by atoms with van der Waals surface area (Å²) in [7, 11) is 3.25. The van der Waals surface area contributed by atoms with Crippen LogP contribution in [-0.4, -0.2) is 27.3 Å². The number of methoxy groups -OCH3 is 1. The molecule has 0 aliphatic heterocycles. The van der Waals surface area contributed by atoms with E-state index in [2.05, 4.69) is 23.9 Å². The Hall–Kier alpha value is -0.0800. The summed E-state index contributed by atoms with van der Waals surface area (Å²) in [6.45, 7) is 7.06. The summed E-state index contributed by atoms with van der Waals surface area (Å²) < 4.78 is 4.25. The Morgan fingerprint density at radius 2 is 0.708 bits per heavy atom. The van der Waals surface area contributed by atoms with Crippen molar-refractivity contribution >= 4 is 0 Å². The molecule has 0 atom stereocenters. The molecule has 0 rings (SSSR count). The molecule has 2 heteroatoms. The summed E-state index contributed by atoms with van der Waals surface area (Å²) in [5, 5.41) is 3.61. The van der Waals surface area contributed by atoms with Gasteiger partial charge in [0.2, 0.25) is 0 Å². The predicted octanol–water partition coefficient (Wildman–Crippen LogP) is 7.12. The highest BCUT2D eigenvalue weighted by molar-refractivity contribution is 4.52. The monoisotopic (exact) mass is 343 g/mol. The maximum Gasteiger partial charge on any atom is 0.0351 e. The van der Waals surface area contributed by atoms with Gasteiger partial charge in [0, 0.05) is 14.2 Å². The SMILES string of the molecule is CCCCCCCCCCNCCCCCCCCCC.COC. The lowest BCUT2D eigenvalue weighted by molar-refractivity contribution is 0.277. The van der Waals surface area contributed by atoms with E-state index in [-0.39, 0.29) is 0 Å². The quantitative estimate of drug-likeness (QED) is 0.267. The lowest BCUT2D eigenvalue weighted by atomic mass is 10.1. The van der Waals surface area contributed by atoms with Gasteiger partial charge in [-0.2, -0.15) is 0 Å². The molecule has 0 saturated heterocycles. The van der Waals surface area contributed by atoms with Gasteiger partial charge in [-0.15, -0.1) is 0 Å². The van der Waals surface area contributed by atoms with Crippen molar-refractivity contribution in [3.8, 4) is 0 Å². The molecule has 2 nitrogen and oxygen atoms in total. The first-order chi connectivity index (χ1) is 11.8. The Bertz CT molecular complexity index is 167. The molecule has 0 fully saturated rings. The van der Waals surface area contributed by atoms with E-state index in [0.717, 1.165) is 0 Å². The third-order valence-corrected chi connectivity index (χ3v) is 4.41. The second kappa shape index (κ2) is 27.8. The lowest BCUT2D eigenvalue weighted by Crippen LogP contribution is -2.16. The van der Waals surface area contributed by atoms with Crippen LogP contribution in [0.3, 0.4) is 0 Å². The van der Waals surface area contributed by atoms with E-state index < -0.39 is 0 Å². The van der Waals surface area contributed by atoms with Crippen LogP contribution in [0.4, 0.5) is 0 Å². The molecule has 0 bridgehead atoms. The third kappa shape index (κ3) is 29.9. The van der Waals surface area contributed by atoms with Gasteiger partial charge in [-0.1, -0.05) is 104 Å². The fourth-order valence-electron chi connectivity index (χ4n) is 2.89. The van der Waals surface area contributed by atoms with Crippen molar-refractivity contribution in [3.63, 3.8) is 0 Å². The van der Waals surface area contributed by atoms with Crippen LogP contribution in [0.15, 0.2) is 0 Å². The third-order valence-electron chi connectivity index (χ3n) is 4.41. The number of rotatable bonds is 18. The minimum absolute atomic E-state index is 1.24. The van der Waals surface area contributed by atoms with Crippen molar-refractivity contribution in [2.75, 3.05) is 27.3 Å². The molecule has 148 valence electrons. The summed E-state index contributed by atoms with van der Waals surface area (Å²) in [5.74, 6) is 0. The molecular weight excluding hydrogens is 294 g/mol. The standard InChI is InChI=1S/C20H43N.C2H6O/c1-3-5-7-9-11-13-15-17-19-21-20-18-16-14-12-10-8-6-4-2;1-3-2/h21H,3-20H2,1-2H3;1-2H3. The van der Waals surface area contributed by atoms with Crippen molar-refractivity contribution in [1.82, 2.24) is 5.32 Å². The molecule has 0 heterocycles. The summed E-state index contributed by atoms with van der Waals surface area (Å²) >= 11 is 0. The molecule has 0 aromatic heterocycles. The van der Waals surface area contributed by atoms with Crippen LogP contribution in [0.2, 0.25) is 0 Å². The van der Waals surface area contributed by atoms with Crippen LogP contribution in [0.25, 0.3) is 0 Å². The van der Waals surface area contributed by atoms with E-state index in [1.54, 1.807) is 14.2 Å². The van der Waals surface area contributed by atoms with Crippen LogP contribution >= 0.6 is 0 Å². The second-order valence-electron chi connectivity index (χ2n) is 7.11. The average molecular weight is 344 g/mol. The smallest absolute Gasteiger partial charge is 0.0351 e. The topological polar surface area (TPSA) is 21.3 Å². The van der Waals surface area contributed by atoms with Gasteiger partial charge in [0.05, 0.1) is 0 Å². The Labute approximate surface area is 154 Å². The number of unbranched alkanes of at least 4 members (excludes halogenated alkanes) is 14. The van der Waals surface area contributed by atoms with Gasteiger partial charge in [0.1, 0.15) is 0 Å². The minimum Gasteiger partial charge on any atom is -0.388 e. The number of hydrogen-bond acceptors (Lipinski definition) is 2. The van der Waals surface area contributed by atoms with Crippen molar-refractivity contribution in [1.29, 1.82) is 0 Å². The summed E-state index contributed by atoms with van der Waals surface area (Å²) in [4.78, 5) is 0. The molecular formula is C22H49NO. The maximum atomic E-state index is 4.25. The highest BCUT2D eigenvalue weighted by Crippen LogP contribution is 2.09. The molecule has 0 aromatic carbocycles. The zero-order valence-electron chi connectivity index (χ0n) is 17.6. The Kier molecular flexibility index (Phi) is 30.2. The second-order valence-corrected chi connectivity index (χ2v) is 7.11. The maximum absolute atomic E-state index is 4.25. The van der Waals surface area contributed by atoms with Gasteiger partial charge >= 0.3 is 0 Å². The largest absolute Gasteiger partial charge is 0.388 e. The summed E-state index contributed by atoms with van der Waals surface area (Å²) in [6.07, 6.45) is 22.8. The molecule has 0 aromatic rings. The number of nitrogens with one attached hydrogen (secondary N) is 1. The zero-order chi connectivity index (χ0) is 18.1. The van der Waals surface area contributed by atoms with Crippen LogP contribution < -0.4 is 5.32 Å². The molecule has 0 aliphatic rings. The van der Waals surface area contributed by atoms with E-state index in [1.165, 1.54) is 116 Å². The highest BCUT2D eigenvalue weighted by Gasteiger charge is 1.93. The normalized spacial score (nSPS) is 10.5. The van der Waals surface area contributed by atoms with E-state index in [9.17, 15) is 0 Å². The first-order valence-corrected chi connectivity index (χ1v) is 10.9. The summed E-state index contributed by atoms with van der Waals surface area (Å²) in [6, 6.07) is 0. The van der Waals surface area contributed by atoms with Gasteiger partial charge in [0.15, 0.2) is 0 Å². The van der Waals surface area contributed by atoms with Crippen molar-refractivity contribution in [2.24, 2.45) is 0 Å². The fourth-order valence-corrected chi connectivity index (χ4v) is 2.89. The first-order valence-electron chi connectivity index (χ1n) is 10.9. The zero-order valence-corrected chi connectivity index (χ0v) is 17.6. The van der Waals surface area contributed by atoms with Crippen LogP contribution in [-0.2, 0) is 4.74 Å². The lowest BCUT2D eigenvalue weighted by Gasteiger charge is -2.05. The van der Waals surface area contributed by atoms with E-state index in [0.29, 0.717) is 0 Å². The number of ether oxygens (including phenoxy) is 1. The van der Waals surface area contributed by atoms with Crippen LogP contribution in [0, 0.1) is 0 Å². The molecule has 0 spiro atoms. The Morgan fingerprint density at radius 3 is 1.00 bits per heavy atom. The van der Waals surface area contributed by atoms with Gasteiger partial charge in [-0.05, 0) is 25.9 Å². The van der Waals surface area contributed by atoms with Crippen molar-refractivity contribution in [2.45, 2.75) is 117 Å². The van der Waals surface area contributed by atoms with E-state index in [1.807, 2.05) is 0 Å². The van der Waals surface area contributed by atoms with E-state index >= 15 is 0 Å². The molecule has 24 heavy (non-hydrogen) atoms. The molecule has 0 amide bonds.